The molecule has 1 aromatic carbocycles. The van der Waals surface area contributed by atoms with E-state index in [4.69, 9.17) is 10.5 Å². The van der Waals surface area contributed by atoms with Crippen molar-refractivity contribution in [3.05, 3.63) is 77.5 Å². The number of ether oxygens (including phenoxy) is 1. The van der Waals surface area contributed by atoms with Crippen LogP contribution in [-0.2, 0) is 6.42 Å². The summed E-state index contributed by atoms with van der Waals surface area (Å²) in [7, 11) is 1.58. The fourth-order valence-corrected chi connectivity index (χ4v) is 2.49. The van der Waals surface area contributed by atoms with Crippen LogP contribution in [0.3, 0.4) is 0 Å². The van der Waals surface area contributed by atoms with Crippen LogP contribution >= 0.6 is 0 Å². The Balaban J connectivity index is 1.84. The van der Waals surface area contributed by atoms with Gasteiger partial charge in [-0.2, -0.15) is 0 Å². The molecule has 0 unspecified atom stereocenters. The normalized spacial score (nSPS) is 10.4. The third kappa shape index (κ3) is 3.41. The van der Waals surface area contributed by atoms with Gasteiger partial charge >= 0.3 is 0 Å². The Morgan fingerprint density at radius 1 is 1.04 bits per heavy atom. The number of hydrogen-bond acceptors (Lipinski definition) is 4. The number of nitrogens with zero attached hydrogens (tertiary/aromatic N) is 2. The summed E-state index contributed by atoms with van der Waals surface area (Å²) >= 11 is 0. The van der Waals surface area contributed by atoms with Crippen molar-refractivity contribution in [2.24, 2.45) is 5.73 Å². The topological polar surface area (TPSA) is 78.1 Å². The van der Waals surface area contributed by atoms with Crippen LogP contribution in [0.5, 0.6) is 5.88 Å². The first-order chi connectivity index (χ1) is 11.7. The highest BCUT2D eigenvalue weighted by Crippen LogP contribution is 2.19. The van der Waals surface area contributed by atoms with Crippen molar-refractivity contribution in [1.29, 1.82) is 0 Å². The average Bonchev–Trinajstić information content (AvgIpc) is 2.62. The van der Waals surface area contributed by atoms with Crippen LogP contribution < -0.4 is 10.5 Å². The molecule has 0 atom stereocenters. The van der Waals surface area contributed by atoms with Gasteiger partial charge in [-0.25, -0.2) is 4.98 Å². The number of amides is 1. The molecular formula is C19H17N3O2. The molecule has 0 spiro atoms. The molecule has 0 aliphatic heterocycles. The maximum absolute atomic E-state index is 11.5. The standard InChI is InChI=1S/C19H17N3O2/c1-24-18-8-4-7-17(22-18)16-10-9-13(12-21-16)11-14-5-2-3-6-15(14)19(20)23/h2-10,12H,11H2,1H3,(H2,20,23). The van der Waals surface area contributed by atoms with Gasteiger partial charge in [0.2, 0.25) is 11.8 Å². The van der Waals surface area contributed by atoms with Gasteiger partial charge in [0.15, 0.2) is 0 Å². The van der Waals surface area contributed by atoms with E-state index in [1.807, 2.05) is 36.4 Å². The SMILES string of the molecule is COc1cccc(-c2ccc(Cc3ccccc3C(N)=O)cn2)n1. The van der Waals surface area contributed by atoms with Crippen molar-refractivity contribution in [2.45, 2.75) is 6.42 Å². The van der Waals surface area contributed by atoms with Gasteiger partial charge in [-0.1, -0.05) is 30.3 Å². The Labute approximate surface area is 140 Å². The Bertz CT molecular complexity index is 860. The van der Waals surface area contributed by atoms with Gasteiger partial charge in [0.1, 0.15) is 0 Å². The molecule has 3 rings (SSSR count). The number of hydrogen-bond donors (Lipinski definition) is 1. The van der Waals surface area contributed by atoms with Crippen molar-refractivity contribution >= 4 is 5.91 Å². The molecule has 3 aromatic rings. The molecule has 0 radical (unpaired) electrons. The Hall–Kier alpha value is -3.21. The number of rotatable bonds is 5. The lowest BCUT2D eigenvalue weighted by Gasteiger charge is -2.07. The lowest BCUT2D eigenvalue weighted by Crippen LogP contribution is -2.13. The van der Waals surface area contributed by atoms with Crippen LogP contribution in [0, 0.1) is 0 Å². The second-order valence-electron chi connectivity index (χ2n) is 5.32. The minimum atomic E-state index is -0.421. The lowest BCUT2D eigenvalue weighted by atomic mass is 10.00. The molecule has 0 aliphatic carbocycles. The molecule has 0 fully saturated rings. The quantitative estimate of drug-likeness (QED) is 0.784. The average molecular weight is 319 g/mol. The zero-order chi connectivity index (χ0) is 16.9. The molecule has 2 heterocycles. The molecule has 5 nitrogen and oxygen atoms in total. The second kappa shape index (κ2) is 6.91. The number of methoxy groups -OCH3 is 1. The summed E-state index contributed by atoms with van der Waals surface area (Å²) in [6.07, 6.45) is 2.38. The minimum Gasteiger partial charge on any atom is -0.481 e. The number of benzene rings is 1. The molecule has 1 amide bonds. The summed E-state index contributed by atoms with van der Waals surface area (Å²) in [6, 6.07) is 16.8. The fourth-order valence-electron chi connectivity index (χ4n) is 2.49. The van der Waals surface area contributed by atoms with Gasteiger partial charge in [0.05, 0.1) is 18.5 Å². The first-order valence-corrected chi connectivity index (χ1v) is 7.51. The molecule has 0 bridgehead atoms. The third-order valence-corrected chi connectivity index (χ3v) is 3.70. The summed E-state index contributed by atoms with van der Waals surface area (Å²) in [4.78, 5) is 20.3. The second-order valence-corrected chi connectivity index (χ2v) is 5.32. The van der Waals surface area contributed by atoms with E-state index in [1.165, 1.54) is 0 Å². The van der Waals surface area contributed by atoms with Crippen LogP contribution in [0.4, 0.5) is 0 Å². The van der Waals surface area contributed by atoms with Gasteiger partial charge in [0, 0.05) is 17.8 Å². The summed E-state index contributed by atoms with van der Waals surface area (Å²) in [5.74, 6) is 0.129. The van der Waals surface area contributed by atoms with E-state index >= 15 is 0 Å². The summed E-state index contributed by atoms with van der Waals surface area (Å²) in [6.45, 7) is 0. The van der Waals surface area contributed by atoms with Crippen molar-refractivity contribution in [3.63, 3.8) is 0 Å². The molecule has 0 saturated carbocycles. The monoisotopic (exact) mass is 319 g/mol. The highest BCUT2D eigenvalue weighted by Gasteiger charge is 2.09. The predicted octanol–water partition coefficient (Wildman–Crippen LogP) is 2.84. The number of nitrogens with two attached hydrogens (primary N) is 1. The zero-order valence-electron chi connectivity index (χ0n) is 13.3. The predicted molar refractivity (Wildman–Crippen MR) is 91.8 cm³/mol. The number of aromatic nitrogens is 2. The van der Waals surface area contributed by atoms with Gasteiger partial charge in [-0.15, -0.1) is 0 Å². The third-order valence-electron chi connectivity index (χ3n) is 3.70. The van der Waals surface area contributed by atoms with E-state index in [0.717, 1.165) is 22.5 Å². The Morgan fingerprint density at radius 2 is 1.88 bits per heavy atom. The van der Waals surface area contributed by atoms with Crippen LogP contribution in [0.2, 0.25) is 0 Å². The number of pyridine rings is 2. The van der Waals surface area contributed by atoms with E-state index in [1.54, 1.807) is 31.5 Å². The molecule has 2 aromatic heterocycles. The molecular weight excluding hydrogens is 302 g/mol. The molecule has 24 heavy (non-hydrogen) atoms. The first kappa shape index (κ1) is 15.7. The van der Waals surface area contributed by atoms with Crippen molar-refractivity contribution in [3.8, 4) is 17.3 Å². The van der Waals surface area contributed by atoms with E-state index in [9.17, 15) is 4.79 Å². The van der Waals surface area contributed by atoms with Gasteiger partial charge in [0.25, 0.3) is 0 Å². The Morgan fingerprint density at radius 3 is 2.58 bits per heavy atom. The van der Waals surface area contributed by atoms with E-state index < -0.39 is 5.91 Å². The number of primary amides is 1. The van der Waals surface area contributed by atoms with Gasteiger partial charge in [-0.05, 0) is 35.7 Å². The maximum Gasteiger partial charge on any atom is 0.248 e. The summed E-state index contributed by atoms with van der Waals surface area (Å²) in [5, 5.41) is 0. The molecule has 5 heteroatoms. The van der Waals surface area contributed by atoms with Crippen molar-refractivity contribution in [2.75, 3.05) is 7.11 Å². The van der Waals surface area contributed by atoms with Crippen molar-refractivity contribution in [1.82, 2.24) is 9.97 Å². The summed E-state index contributed by atoms with van der Waals surface area (Å²) < 4.78 is 5.13. The minimum absolute atomic E-state index is 0.421. The first-order valence-electron chi connectivity index (χ1n) is 7.51. The van der Waals surface area contributed by atoms with Gasteiger partial charge in [-0.3, -0.25) is 9.78 Å². The molecule has 2 N–H and O–H groups in total. The number of carbonyl (C=O) groups is 1. The van der Waals surface area contributed by atoms with Crippen LogP contribution in [0.25, 0.3) is 11.4 Å². The zero-order valence-corrected chi connectivity index (χ0v) is 13.3. The smallest absolute Gasteiger partial charge is 0.248 e. The largest absolute Gasteiger partial charge is 0.481 e. The molecule has 0 aliphatic rings. The van der Waals surface area contributed by atoms with Crippen molar-refractivity contribution < 1.29 is 9.53 Å². The van der Waals surface area contributed by atoms with E-state index in [0.29, 0.717) is 17.9 Å². The maximum atomic E-state index is 11.5. The molecule has 0 saturated heterocycles. The van der Waals surface area contributed by atoms with Crippen LogP contribution in [-0.4, -0.2) is 23.0 Å². The van der Waals surface area contributed by atoms with E-state index in [2.05, 4.69) is 9.97 Å². The fraction of sp³-hybridized carbons (Fsp3) is 0.105. The highest BCUT2D eigenvalue weighted by atomic mass is 16.5. The summed E-state index contributed by atoms with van der Waals surface area (Å²) in [5.41, 5.74) is 9.36. The Kier molecular flexibility index (Phi) is 4.52. The highest BCUT2D eigenvalue weighted by molar-refractivity contribution is 5.94. The van der Waals surface area contributed by atoms with Crippen LogP contribution in [0.1, 0.15) is 21.5 Å². The lowest BCUT2D eigenvalue weighted by molar-refractivity contribution is 0.0999. The number of carbonyl (C=O) groups excluding carboxylic acids is 1. The van der Waals surface area contributed by atoms with Gasteiger partial charge < -0.3 is 10.5 Å². The van der Waals surface area contributed by atoms with E-state index in [-0.39, 0.29) is 0 Å². The van der Waals surface area contributed by atoms with Crippen LogP contribution in [0.15, 0.2) is 60.8 Å². The molecule has 120 valence electrons.